The quantitative estimate of drug-likeness (QED) is 0.821. The molecule has 0 aromatic carbocycles. The largest absolute Gasteiger partial charge is 0.393 e. The zero-order valence-electron chi connectivity index (χ0n) is 9.63. The number of hydrogen-bond donors (Lipinski definition) is 2. The average molecular weight is 232 g/mol. The van der Waals surface area contributed by atoms with Gasteiger partial charge in [-0.1, -0.05) is 12.8 Å². The Bertz CT molecular complexity index is 415. The Morgan fingerprint density at radius 3 is 3.06 bits per heavy atom. The van der Waals surface area contributed by atoms with Crippen molar-refractivity contribution in [3.63, 3.8) is 0 Å². The molecular formula is C12H16N4O. The monoisotopic (exact) mass is 232 g/mol. The molecule has 1 heterocycles. The summed E-state index contributed by atoms with van der Waals surface area (Å²) in [5.41, 5.74) is 0.491. The van der Waals surface area contributed by atoms with E-state index in [1.165, 1.54) is 6.20 Å². The van der Waals surface area contributed by atoms with Gasteiger partial charge in [0.25, 0.3) is 0 Å². The van der Waals surface area contributed by atoms with Gasteiger partial charge in [-0.15, -0.1) is 5.10 Å². The molecule has 0 aliphatic heterocycles. The molecule has 0 radical (unpaired) electrons. The predicted molar refractivity (Wildman–Crippen MR) is 63.2 cm³/mol. The van der Waals surface area contributed by atoms with E-state index in [0.717, 1.165) is 25.7 Å². The molecule has 17 heavy (non-hydrogen) atoms. The van der Waals surface area contributed by atoms with E-state index in [1.807, 2.05) is 0 Å². The fourth-order valence-corrected chi connectivity index (χ4v) is 2.21. The van der Waals surface area contributed by atoms with Crippen molar-refractivity contribution in [1.29, 1.82) is 5.26 Å². The maximum absolute atomic E-state index is 9.83. The summed E-state index contributed by atoms with van der Waals surface area (Å²) in [5, 5.41) is 29.5. The minimum atomic E-state index is -0.238. The molecule has 2 N–H and O–H groups in total. The Kier molecular flexibility index (Phi) is 3.89. The van der Waals surface area contributed by atoms with E-state index in [9.17, 15) is 5.11 Å². The van der Waals surface area contributed by atoms with Crippen molar-refractivity contribution in [2.24, 2.45) is 5.92 Å². The van der Waals surface area contributed by atoms with E-state index >= 15 is 0 Å². The summed E-state index contributed by atoms with van der Waals surface area (Å²) in [6.07, 6.45) is 5.42. The maximum Gasteiger partial charge on any atom is 0.166 e. The third kappa shape index (κ3) is 2.92. The zero-order valence-corrected chi connectivity index (χ0v) is 9.63. The lowest BCUT2D eigenvalue weighted by molar-refractivity contribution is 0.0763. The number of nitrogens with zero attached hydrogens (tertiary/aromatic N) is 3. The summed E-state index contributed by atoms with van der Waals surface area (Å²) >= 11 is 0. The Hall–Kier alpha value is -1.67. The van der Waals surface area contributed by atoms with E-state index < -0.39 is 0 Å². The minimum absolute atomic E-state index is 0.238. The van der Waals surface area contributed by atoms with Crippen LogP contribution >= 0.6 is 0 Å². The summed E-state index contributed by atoms with van der Waals surface area (Å²) in [7, 11) is 0. The Balaban J connectivity index is 1.95. The molecule has 5 heteroatoms. The number of aliphatic hydroxyl groups excluding tert-OH is 1. The highest BCUT2D eigenvalue weighted by molar-refractivity contribution is 5.50. The molecule has 1 aromatic rings. The van der Waals surface area contributed by atoms with Crippen LogP contribution in [0.5, 0.6) is 0 Å². The molecular weight excluding hydrogens is 216 g/mol. The van der Waals surface area contributed by atoms with Crippen LogP contribution in [0.3, 0.4) is 0 Å². The van der Waals surface area contributed by atoms with Crippen LogP contribution < -0.4 is 5.32 Å². The number of anilines is 1. The molecule has 1 fully saturated rings. The SMILES string of the molecule is N#Cc1ccnnc1NCC1CCCCC1O. The van der Waals surface area contributed by atoms with Crippen LogP contribution in [-0.2, 0) is 0 Å². The maximum atomic E-state index is 9.83. The second-order valence-electron chi connectivity index (χ2n) is 4.40. The fraction of sp³-hybridized carbons (Fsp3) is 0.583. The Morgan fingerprint density at radius 1 is 1.47 bits per heavy atom. The van der Waals surface area contributed by atoms with Crippen LogP contribution in [0, 0.1) is 17.2 Å². The molecule has 90 valence electrons. The zero-order chi connectivity index (χ0) is 12.1. The van der Waals surface area contributed by atoms with Crippen LogP contribution in [0.1, 0.15) is 31.2 Å². The smallest absolute Gasteiger partial charge is 0.166 e. The van der Waals surface area contributed by atoms with Gasteiger partial charge < -0.3 is 10.4 Å². The molecule has 1 aliphatic carbocycles. The van der Waals surface area contributed by atoms with Crippen LogP contribution in [0.15, 0.2) is 12.3 Å². The lowest BCUT2D eigenvalue weighted by Crippen LogP contribution is -2.30. The van der Waals surface area contributed by atoms with E-state index in [0.29, 0.717) is 17.9 Å². The van der Waals surface area contributed by atoms with Crippen molar-refractivity contribution >= 4 is 5.82 Å². The number of nitrogens with one attached hydrogen (secondary N) is 1. The minimum Gasteiger partial charge on any atom is -0.393 e. The molecule has 2 atom stereocenters. The fourth-order valence-electron chi connectivity index (χ4n) is 2.21. The molecule has 1 aromatic heterocycles. The van der Waals surface area contributed by atoms with Gasteiger partial charge in [0.15, 0.2) is 5.82 Å². The van der Waals surface area contributed by atoms with Gasteiger partial charge in [-0.05, 0) is 18.9 Å². The first-order valence-corrected chi connectivity index (χ1v) is 5.95. The molecule has 0 spiro atoms. The van der Waals surface area contributed by atoms with Crippen LogP contribution in [0.25, 0.3) is 0 Å². The highest BCUT2D eigenvalue weighted by atomic mass is 16.3. The van der Waals surface area contributed by atoms with Gasteiger partial charge in [0.2, 0.25) is 0 Å². The topological polar surface area (TPSA) is 81.8 Å². The van der Waals surface area contributed by atoms with Crippen molar-refractivity contribution in [3.05, 3.63) is 17.8 Å². The number of nitriles is 1. The van der Waals surface area contributed by atoms with Gasteiger partial charge in [0.1, 0.15) is 6.07 Å². The number of aromatic nitrogens is 2. The molecule has 1 saturated carbocycles. The van der Waals surface area contributed by atoms with Gasteiger partial charge in [-0.3, -0.25) is 0 Å². The van der Waals surface area contributed by atoms with Crippen LogP contribution in [0.4, 0.5) is 5.82 Å². The highest BCUT2D eigenvalue weighted by Gasteiger charge is 2.22. The third-order valence-electron chi connectivity index (χ3n) is 3.24. The van der Waals surface area contributed by atoms with Crippen molar-refractivity contribution in [1.82, 2.24) is 10.2 Å². The van der Waals surface area contributed by atoms with Gasteiger partial charge in [0, 0.05) is 12.5 Å². The number of aliphatic hydroxyl groups is 1. The molecule has 0 bridgehead atoms. The number of hydrogen-bond acceptors (Lipinski definition) is 5. The number of rotatable bonds is 3. The van der Waals surface area contributed by atoms with E-state index in [-0.39, 0.29) is 12.0 Å². The van der Waals surface area contributed by atoms with Crippen LogP contribution in [-0.4, -0.2) is 28.0 Å². The summed E-state index contributed by atoms with van der Waals surface area (Å²) in [5.74, 6) is 0.755. The van der Waals surface area contributed by atoms with Gasteiger partial charge in [-0.25, -0.2) is 0 Å². The van der Waals surface area contributed by atoms with Gasteiger partial charge >= 0.3 is 0 Å². The molecule has 0 amide bonds. The average Bonchev–Trinajstić information content (AvgIpc) is 2.38. The third-order valence-corrected chi connectivity index (χ3v) is 3.24. The van der Waals surface area contributed by atoms with E-state index in [1.54, 1.807) is 6.07 Å². The van der Waals surface area contributed by atoms with Crippen molar-refractivity contribution < 1.29 is 5.11 Å². The van der Waals surface area contributed by atoms with Gasteiger partial charge in [-0.2, -0.15) is 10.4 Å². The predicted octanol–water partition coefficient (Wildman–Crippen LogP) is 1.31. The lowest BCUT2D eigenvalue weighted by atomic mass is 9.86. The van der Waals surface area contributed by atoms with Crippen LogP contribution in [0.2, 0.25) is 0 Å². The standard InChI is InChI=1S/C12H16N4O/c13-7-9-5-6-15-16-12(9)14-8-10-3-1-2-4-11(10)17/h5-6,10-11,17H,1-4,8H2,(H,14,16). The van der Waals surface area contributed by atoms with Crippen molar-refractivity contribution in [2.75, 3.05) is 11.9 Å². The summed E-state index contributed by atoms with van der Waals surface area (Å²) in [6.45, 7) is 0.647. The Morgan fingerprint density at radius 2 is 2.29 bits per heavy atom. The first kappa shape index (κ1) is 11.8. The lowest BCUT2D eigenvalue weighted by Gasteiger charge is -2.27. The summed E-state index contributed by atoms with van der Waals surface area (Å²) < 4.78 is 0. The highest BCUT2D eigenvalue weighted by Crippen LogP contribution is 2.24. The van der Waals surface area contributed by atoms with Crippen molar-refractivity contribution in [3.8, 4) is 6.07 Å². The normalized spacial score (nSPS) is 24.0. The van der Waals surface area contributed by atoms with Crippen molar-refractivity contribution in [2.45, 2.75) is 31.8 Å². The van der Waals surface area contributed by atoms with E-state index in [4.69, 9.17) is 5.26 Å². The molecule has 2 rings (SSSR count). The Labute approximate surface area is 100 Å². The first-order valence-electron chi connectivity index (χ1n) is 5.95. The second-order valence-corrected chi connectivity index (χ2v) is 4.40. The summed E-state index contributed by atoms with van der Waals surface area (Å²) in [4.78, 5) is 0. The summed E-state index contributed by atoms with van der Waals surface area (Å²) in [6, 6.07) is 3.70. The second kappa shape index (κ2) is 5.60. The molecule has 0 saturated heterocycles. The first-order chi connectivity index (χ1) is 8.31. The van der Waals surface area contributed by atoms with Gasteiger partial charge in [0.05, 0.1) is 17.9 Å². The molecule has 5 nitrogen and oxygen atoms in total. The molecule has 2 unspecified atom stereocenters. The molecule has 1 aliphatic rings. The van der Waals surface area contributed by atoms with E-state index in [2.05, 4.69) is 21.6 Å².